The maximum atomic E-state index is 13.4. The minimum Gasteiger partial charge on any atom is -0.207 e. The topological polar surface area (TPSA) is 0 Å². The highest BCUT2D eigenvalue weighted by Crippen LogP contribution is 2.38. The monoisotopic (exact) mass is 340 g/mol. The second-order valence-corrected chi connectivity index (χ2v) is 6.02. The van der Waals surface area contributed by atoms with Crippen molar-refractivity contribution in [3.8, 4) is 0 Å². The lowest BCUT2D eigenvalue weighted by molar-refractivity contribution is 0.624. The summed E-state index contributed by atoms with van der Waals surface area (Å²) >= 11 is 10.2. The van der Waals surface area contributed by atoms with E-state index in [9.17, 15) is 4.39 Å². The largest absolute Gasteiger partial charge is 0.207 e. The van der Waals surface area contributed by atoms with Gasteiger partial charge < -0.3 is 0 Å². The van der Waals surface area contributed by atoms with E-state index in [1.54, 1.807) is 0 Å². The Balaban J connectivity index is 2.56. The molecule has 0 N–H and O–H groups in total. The van der Waals surface area contributed by atoms with Crippen LogP contribution in [0, 0.1) is 26.6 Å². The fourth-order valence-electron chi connectivity index (χ4n) is 2.34. The van der Waals surface area contributed by atoms with E-state index in [0.29, 0.717) is 0 Å². The van der Waals surface area contributed by atoms with E-state index in [-0.39, 0.29) is 11.2 Å². The predicted octanol–water partition coefficient (Wildman–Crippen LogP) is 5.84. The molecule has 0 amide bonds. The van der Waals surface area contributed by atoms with E-state index in [1.165, 1.54) is 12.1 Å². The first-order chi connectivity index (χ1) is 8.91. The Hall–Kier alpha value is -0.860. The van der Waals surface area contributed by atoms with Crippen molar-refractivity contribution < 1.29 is 4.39 Å². The van der Waals surface area contributed by atoms with Gasteiger partial charge in [-0.3, -0.25) is 0 Å². The summed E-state index contributed by atoms with van der Waals surface area (Å²) in [6, 6.07) is 9.07. The first-order valence-electron chi connectivity index (χ1n) is 6.07. The summed E-state index contributed by atoms with van der Waals surface area (Å²) in [4.78, 5) is 0. The lowest BCUT2D eigenvalue weighted by Gasteiger charge is -2.18. The average Bonchev–Trinajstić information content (AvgIpc) is 2.31. The molecule has 0 aliphatic heterocycles. The zero-order valence-electron chi connectivity index (χ0n) is 11.1. The summed E-state index contributed by atoms with van der Waals surface area (Å²) in [6.45, 7) is 5.82. The van der Waals surface area contributed by atoms with Crippen LogP contribution in [0.2, 0.25) is 0 Å². The normalized spacial score (nSPS) is 12.5. The second-order valence-electron chi connectivity index (χ2n) is 4.79. The molecule has 0 saturated carbocycles. The molecular weight excluding hydrogens is 327 g/mol. The van der Waals surface area contributed by atoms with E-state index < -0.39 is 0 Å². The molecule has 0 bridgehead atoms. The molecular formula is C16H15BrClF. The van der Waals surface area contributed by atoms with Gasteiger partial charge in [0.25, 0.3) is 0 Å². The summed E-state index contributed by atoms with van der Waals surface area (Å²) in [5.74, 6) is -0.217. The standard InChI is InChI=1S/C16H15BrClF/c1-9-5-4-6-13(15(9)17)16(18)14-10(2)7-12(19)8-11(14)3/h4-8,16H,1-3H3. The summed E-state index contributed by atoms with van der Waals surface area (Å²) in [5.41, 5.74) is 4.89. The highest BCUT2D eigenvalue weighted by atomic mass is 79.9. The molecule has 19 heavy (non-hydrogen) atoms. The van der Waals surface area contributed by atoms with Crippen molar-refractivity contribution in [2.24, 2.45) is 0 Å². The van der Waals surface area contributed by atoms with E-state index >= 15 is 0 Å². The van der Waals surface area contributed by atoms with Gasteiger partial charge in [0.15, 0.2) is 0 Å². The number of halogens is 3. The Labute approximate surface area is 126 Å². The summed E-state index contributed by atoms with van der Waals surface area (Å²) in [5, 5.41) is -0.283. The maximum Gasteiger partial charge on any atom is 0.123 e. The number of alkyl halides is 1. The smallest absolute Gasteiger partial charge is 0.123 e. The van der Waals surface area contributed by atoms with Crippen LogP contribution in [0.25, 0.3) is 0 Å². The molecule has 3 heteroatoms. The molecule has 1 atom stereocenters. The van der Waals surface area contributed by atoms with Crippen molar-refractivity contribution in [3.05, 3.63) is 68.4 Å². The Morgan fingerprint density at radius 1 is 1.05 bits per heavy atom. The van der Waals surface area contributed by atoms with Gasteiger partial charge in [-0.05, 0) is 60.7 Å². The van der Waals surface area contributed by atoms with Crippen molar-refractivity contribution in [2.75, 3.05) is 0 Å². The number of hydrogen-bond donors (Lipinski definition) is 0. The fraction of sp³-hybridized carbons (Fsp3) is 0.250. The molecule has 100 valence electrons. The SMILES string of the molecule is Cc1cccc(C(Cl)c2c(C)cc(F)cc2C)c1Br. The van der Waals surface area contributed by atoms with Crippen LogP contribution in [0.15, 0.2) is 34.8 Å². The van der Waals surface area contributed by atoms with Crippen LogP contribution in [0.3, 0.4) is 0 Å². The Bertz CT molecular complexity index is 599. The lowest BCUT2D eigenvalue weighted by atomic mass is 9.95. The van der Waals surface area contributed by atoms with Gasteiger partial charge in [-0.15, -0.1) is 11.6 Å². The zero-order valence-corrected chi connectivity index (χ0v) is 13.4. The van der Waals surface area contributed by atoms with Crippen molar-refractivity contribution in [1.29, 1.82) is 0 Å². The summed E-state index contributed by atoms with van der Waals surface area (Å²) < 4.78 is 14.4. The van der Waals surface area contributed by atoms with Gasteiger partial charge >= 0.3 is 0 Å². The van der Waals surface area contributed by atoms with E-state index in [0.717, 1.165) is 32.3 Å². The Morgan fingerprint density at radius 3 is 2.21 bits per heavy atom. The molecule has 2 rings (SSSR count). The predicted molar refractivity (Wildman–Crippen MR) is 82.4 cm³/mol. The first kappa shape index (κ1) is 14.5. The lowest BCUT2D eigenvalue weighted by Crippen LogP contribution is -2.02. The van der Waals surface area contributed by atoms with Gasteiger partial charge in [-0.25, -0.2) is 4.39 Å². The number of aryl methyl sites for hydroxylation is 3. The van der Waals surface area contributed by atoms with Crippen LogP contribution in [0.5, 0.6) is 0 Å². The molecule has 0 saturated heterocycles. The van der Waals surface area contributed by atoms with Gasteiger partial charge in [0.2, 0.25) is 0 Å². The quantitative estimate of drug-likeness (QED) is 0.602. The van der Waals surface area contributed by atoms with Crippen LogP contribution < -0.4 is 0 Å². The Kier molecular flexibility index (Phi) is 4.32. The molecule has 0 aromatic heterocycles. The molecule has 0 fully saturated rings. The molecule has 1 unspecified atom stereocenters. The van der Waals surface area contributed by atoms with Crippen LogP contribution in [0.4, 0.5) is 4.39 Å². The molecule has 0 aliphatic carbocycles. The Morgan fingerprint density at radius 2 is 1.63 bits per heavy atom. The highest BCUT2D eigenvalue weighted by molar-refractivity contribution is 9.10. The van der Waals surface area contributed by atoms with Crippen molar-refractivity contribution in [3.63, 3.8) is 0 Å². The molecule has 0 spiro atoms. The minimum atomic E-state index is -0.283. The third kappa shape index (κ3) is 2.85. The first-order valence-corrected chi connectivity index (χ1v) is 7.30. The molecule has 0 heterocycles. The number of hydrogen-bond acceptors (Lipinski definition) is 0. The third-order valence-corrected chi connectivity index (χ3v) is 4.84. The average molecular weight is 342 g/mol. The van der Waals surface area contributed by atoms with Gasteiger partial charge in [-0.1, -0.05) is 34.1 Å². The third-order valence-electron chi connectivity index (χ3n) is 3.31. The molecule has 0 radical (unpaired) electrons. The molecule has 2 aromatic carbocycles. The fourth-order valence-corrected chi connectivity index (χ4v) is 3.49. The van der Waals surface area contributed by atoms with Crippen LogP contribution in [0.1, 0.15) is 33.2 Å². The van der Waals surface area contributed by atoms with Gasteiger partial charge in [0, 0.05) is 4.47 Å². The van der Waals surface area contributed by atoms with Gasteiger partial charge in [0.05, 0.1) is 5.38 Å². The van der Waals surface area contributed by atoms with E-state index in [1.807, 2.05) is 39.0 Å². The summed E-state index contributed by atoms with van der Waals surface area (Å²) in [7, 11) is 0. The summed E-state index contributed by atoms with van der Waals surface area (Å²) in [6.07, 6.45) is 0. The van der Waals surface area contributed by atoms with Crippen molar-refractivity contribution in [2.45, 2.75) is 26.1 Å². The van der Waals surface area contributed by atoms with E-state index in [4.69, 9.17) is 11.6 Å². The number of rotatable bonds is 2. The van der Waals surface area contributed by atoms with Gasteiger partial charge in [0.1, 0.15) is 5.82 Å². The number of benzene rings is 2. The van der Waals surface area contributed by atoms with Gasteiger partial charge in [-0.2, -0.15) is 0 Å². The maximum absolute atomic E-state index is 13.4. The van der Waals surface area contributed by atoms with Crippen LogP contribution in [-0.4, -0.2) is 0 Å². The second kappa shape index (κ2) is 5.64. The van der Waals surface area contributed by atoms with Crippen LogP contribution >= 0.6 is 27.5 Å². The zero-order chi connectivity index (χ0) is 14.2. The molecule has 2 aromatic rings. The highest BCUT2D eigenvalue weighted by Gasteiger charge is 2.19. The van der Waals surface area contributed by atoms with Crippen LogP contribution in [-0.2, 0) is 0 Å². The molecule has 0 aliphatic rings. The minimum absolute atomic E-state index is 0.217. The van der Waals surface area contributed by atoms with Crippen molar-refractivity contribution >= 4 is 27.5 Å². The molecule has 0 nitrogen and oxygen atoms in total. The van der Waals surface area contributed by atoms with E-state index in [2.05, 4.69) is 15.9 Å². The van der Waals surface area contributed by atoms with Crippen molar-refractivity contribution in [1.82, 2.24) is 0 Å².